The standard InChI is InChI=1S/C23H19N3O2S3/c1-15-3-11-19(12-4-15)29-21-22(30-20-13-5-16(2)6-14-20)31-23(25-21)24-17-7-9-18(10-8-17)26(27)28/h3-14H,1-2H3,(H,24,25). The van der Waals surface area contributed by atoms with E-state index in [9.17, 15) is 10.1 Å². The van der Waals surface area contributed by atoms with Gasteiger partial charge >= 0.3 is 0 Å². The fourth-order valence-corrected chi connectivity index (χ4v) is 5.90. The largest absolute Gasteiger partial charge is 0.331 e. The van der Waals surface area contributed by atoms with Crippen molar-refractivity contribution in [3.8, 4) is 0 Å². The molecule has 4 aromatic rings. The molecule has 5 nitrogen and oxygen atoms in total. The van der Waals surface area contributed by atoms with E-state index in [1.54, 1.807) is 47.0 Å². The Kier molecular flexibility index (Phi) is 6.60. The van der Waals surface area contributed by atoms with Crippen LogP contribution in [0.5, 0.6) is 0 Å². The first-order valence-electron chi connectivity index (χ1n) is 9.47. The average molecular weight is 466 g/mol. The van der Waals surface area contributed by atoms with Gasteiger partial charge in [-0.1, -0.05) is 70.3 Å². The van der Waals surface area contributed by atoms with Crippen LogP contribution in [0.25, 0.3) is 0 Å². The maximum absolute atomic E-state index is 10.9. The highest BCUT2D eigenvalue weighted by molar-refractivity contribution is 8.03. The van der Waals surface area contributed by atoms with Crippen molar-refractivity contribution in [1.82, 2.24) is 4.98 Å². The van der Waals surface area contributed by atoms with Crippen molar-refractivity contribution in [2.24, 2.45) is 0 Å². The van der Waals surface area contributed by atoms with Gasteiger partial charge in [0.2, 0.25) is 0 Å². The van der Waals surface area contributed by atoms with Gasteiger partial charge in [-0.2, -0.15) is 0 Å². The van der Waals surface area contributed by atoms with Gasteiger partial charge in [0.1, 0.15) is 9.24 Å². The Bertz CT molecular complexity index is 1120. The first-order chi connectivity index (χ1) is 15.0. The Labute approximate surface area is 193 Å². The minimum Gasteiger partial charge on any atom is -0.331 e. The normalized spacial score (nSPS) is 10.8. The molecule has 1 aromatic heterocycles. The summed E-state index contributed by atoms with van der Waals surface area (Å²) in [6.07, 6.45) is 0. The molecule has 3 aromatic carbocycles. The van der Waals surface area contributed by atoms with E-state index in [-0.39, 0.29) is 5.69 Å². The van der Waals surface area contributed by atoms with Crippen LogP contribution in [0, 0.1) is 24.0 Å². The van der Waals surface area contributed by atoms with E-state index in [1.807, 2.05) is 0 Å². The van der Waals surface area contributed by atoms with Gasteiger partial charge < -0.3 is 5.32 Å². The number of nitro groups is 1. The molecule has 0 saturated carbocycles. The number of nitrogens with one attached hydrogen (secondary N) is 1. The highest BCUT2D eigenvalue weighted by Gasteiger charge is 2.15. The number of hydrogen-bond acceptors (Lipinski definition) is 7. The highest BCUT2D eigenvalue weighted by atomic mass is 32.2. The summed E-state index contributed by atoms with van der Waals surface area (Å²) >= 11 is 4.89. The van der Waals surface area contributed by atoms with Crippen LogP contribution in [0.2, 0.25) is 0 Å². The van der Waals surface area contributed by atoms with Gasteiger partial charge in [-0.15, -0.1) is 0 Å². The Morgan fingerprint density at radius 3 is 1.94 bits per heavy atom. The van der Waals surface area contributed by atoms with E-state index in [0.29, 0.717) is 0 Å². The van der Waals surface area contributed by atoms with Gasteiger partial charge in [-0.05, 0) is 50.2 Å². The Morgan fingerprint density at radius 1 is 0.839 bits per heavy atom. The molecule has 0 aliphatic carbocycles. The molecular weight excluding hydrogens is 446 g/mol. The molecule has 0 spiro atoms. The maximum atomic E-state index is 10.9. The SMILES string of the molecule is Cc1ccc(Sc2nc(Nc3ccc([N+](=O)[O-])cc3)sc2Sc2ccc(C)cc2)cc1. The van der Waals surface area contributed by atoms with Gasteiger partial charge in [0.05, 0.1) is 4.92 Å². The van der Waals surface area contributed by atoms with Crippen molar-refractivity contribution in [2.75, 3.05) is 5.32 Å². The second-order valence-corrected chi connectivity index (χ2v) is 10.3. The number of hydrogen-bond donors (Lipinski definition) is 1. The molecule has 0 bridgehead atoms. The second-order valence-electron chi connectivity index (χ2n) is 6.87. The molecule has 31 heavy (non-hydrogen) atoms. The summed E-state index contributed by atoms with van der Waals surface area (Å²) in [5.74, 6) is 0. The third-order valence-corrected chi connectivity index (χ3v) is 7.77. The van der Waals surface area contributed by atoms with Gasteiger partial charge in [-0.3, -0.25) is 10.1 Å². The van der Waals surface area contributed by atoms with Crippen LogP contribution < -0.4 is 5.32 Å². The summed E-state index contributed by atoms with van der Waals surface area (Å²) in [6.45, 7) is 4.15. The molecule has 0 unspecified atom stereocenters. The molecule has 0 saturated heterocycles. The monoisotopic (exact) mass is 465 g/mol. The maximum Gasteiger partial charge on any atom is 0.269 e. The fraction of sp³-hybridized carbons (Fsp3) is 0.0870. The molecule has 1 heterocycles. The number of rotatable bonds is 7. The molecule has 0 fully saturated rings. The number of thiazole rings is 1. The number of aromatic nitrogens is 1. The molecule has 156 valence electrons. The highest BCUT2D eigenvalue weighted by Crippen LogP contribution is 2.44. The predicted molar refractivity (Wildman–Crippen MR) is 129 cm³/mol. The van der Waals surface area contributed by atoms with E-state index in [4.69, 9.17) is 4.98 Å². The summed E-state index contributed by atoms with van der Waals surface area (Å²) in [5, 5.41) is 15.8. The lowest BCUT2D eigenvalue weighted by molar-refractivity contribution is -0.384. The number of benzene rings is 3. The minimum atomic E-state index is -0.403. The van der Waals surface area contributed by atoms with Crippen LogP contribution in [0.1, 0.15) is 11.1 Å². The topological polar surface area (TPSA) is 68.1 Å². The lowest BCUT2D eigenvalue weighted by Crippen LogP contribution is -1.91. The second kappa shape index (κ2) is 9.55. The van der Waals surface area contributed by atoms with Crippen LogP contribution in [-0.4, -0.2) is 9.91 Å². The third kappa shape index (κ3) is 5.66. The number of nitro benzene ring substituents is 1. The zero-order chi connectivity index (χ0) is 21.8. The van der Waals surface area contributed by atoms with Gasteiger partial charge in [0.15, 0.2) is 5.13 Å². The zero-order valence-corrected chi connectivity index (χ0v) is 19.3. The van der Waals surface area contributed by atoms with Crippen molar-refractivity contribution in [1.29, 1.82) is 0 Å². The van der Waals surface area contributed by atoms with Crippen LogP contribution in [0.4, 0.5) is 16.5 Å². The molecule has 8 heteroatoms. The predicted octanol–water partition coefficient (Wildman–Crippen LogP) is 7.71. The van der Waals surface area contributed by atoms with Crippen LogP contribution in [-0.2, 0) is 0 Å². The molecule has 1 N–H and O–H groups in total. The number of non-ortho nitro benzene ring substituents is 1. The van der Waals surface area contributed by atoms with Gasteiger partial charge in [0.25, 0.3) is 5.69 Å². The summed E-state index contributed by atoms with van der Waals surface area (Å²) in [4.78, 5) is 17.6. The molecule has 0 radical (unpaired) electrons. The van der Waals surface area contributed by atoms with Crippen LogP contribution in [0.3, 0.4) is 0 Å². The molecule has 0 aliphatic heterocycles. The van der Waals surface area contributed by atoms with E-state index in [2.05, 4.69) is 67.7 Å². The molecular formula is C23H19N3O2S3. The molecule has 0 aliphatic rings. The van der Waals surface area contributed by atoms with Crippen molar-refractivity contribution in [3.63, 3.8) is 0 Å². The van der Waals surface area contributed by atoms with Crippen molar-refractivity contribution in [2.45, 2.75) is 32.9 Å². The van der Waals surface area contributed by atoms with E-state index >= 15 is 0 Å². The minimum absolute atomic E-state index is 0.0657. The number of nitrogens with zero attached hydrogens (tertiary/aromatic N) is 2. The van der Waals surface area contributed by atoms with E-state index in [0.717, 1.165) is 29.8 Å². The summed E-state index contributed by atoms with van der Waals surface area (Å²) in [7, 11) is 0. The molecule has 4 rings (SSSR count). The first kappa shape index (κ1) is 21.4. The number of aryl methyl sites for hydroxylation is 2. The Balaban J connectivity index is 1.60. The van der Waals surface area contributed by atoms with E-state index in [1.165, 1.54) is 23.3 Å². The van der Waals surface area contributed by atoms with Gasteiger partial charge in [-0.25, -0.2) is 4.98 Å². The smallest absolute Gasteiger partial charge is 0.269 e. The van der Waals surface area contributed by atoms with E-state index < -0.39 is 4.92 Å². The lowest BCUT2D eigenvalue weighted by Gasteiger charge is -2.03. The van der Waals surface area contributed by atoms with Crippen molar-refractivity contribution < 1.29 is 4.92 Å². The first-order valence-corrected chi connectivity index (χ1v) is 11.9. The average Bonchev–Trinajstić information content (AvgIpc) is 3.12. The molecule has 0 atom stereocenters. The number of anilines is 2. The lowest BCUT2D eigenvalue weighted by atomic mass is 10.2. The third-order valence-electron chi connectivity index (χ3n) is 4.36. The molecule has 0 amide bonds. The van der Waals surface area contributed by atoms with Crippen molar-refractivity contribution in [3.05, 3.63) is 94.0 Å². The summed E-state index contributed by atoms with van der Waals surface area (Å²) in [5.41, 5.74) is 3.27. The zero-order valence-electron chi connectivity index (χ0n) is 16.9. The van der Waals surface area contributed by atoms with Crippen LogP contribution >= 0.6 is 34.9 Å². The van der Waals surface area contributed by atoms with Gasteiger partial charge in [0, 0.05) is 27.6 Å². The summed E-state index contributed by atoms with van der Waals surface area (Å²) in [6, 6.07) is 23.2. The fourth-order valence-electron chi connectivity index (χ4n) is 2.70. The summed E-state index contributed by atoms with van der Waals surface area (Å²) < 4.78 is 1.10. The Hall–Kier alpha value is -2.81. The van der Waals surface area contributed by atoms with Crippen LogP contribution in [0.15, 0.2) is 91.8 Å². The van der Waals surface area contributed by atoms with Crippen molar-refractivity contribution >= 4 is 51.4 Å². The Morgan fingerprint density at radius 2 is 1.39 bits per heavy atom. The quantitative estimate of drug-likeness (QED) is 0.223.